The third kappa shape index (κ3) is 5.43. The molecule has 0 aliphatic carbocycles. The number of carbonyl (C=O) groups is 1. The first-order chi connectivity index (χ1) is 11.1. The van der Waals surface area contributed by atoms with Crippen LogP contribution in [0.2, 0.25) is 0 Å². The van der Waals surface area contributed by atoms with Gasteiger partial charge in [0.2, 0.25) is 5.91 Å². The molecular formula is C18H28N2O3. The average molecular weight is 320 g/mol. The van der Waals surface area contributed by atoms with E-state index in [1.807, 2.05) is 36.1 Å². The van der Waals surface area contributed by atoms with E-state index in [0.717, 1.165) is 43.9 Å². The van der Waals surface area contributed by atoms with Crippen LogP contribution in [-0.2, 0) is 4.79 Å². The molecule has 1 saturated heterocycles. The molecule has 0 saturated carbocycles. The van der Waals surface area contributed by atoms with Crippen molar-refractivity contribution < 1.29 is 14.3 Å². The van der Waals surface area contributed by atoms with E-state index < -0.39 is 0 Å². The molecule has 0 spiro atoms. The van der Waals surface area contributed by atoms with Crippen molar-refractivity contribution in [3.63, 3.8) is 0 Å². The minimum absolute atomic E-state index is 0.156. The molecule has 0 aromatic heterocycles. The average Bonchev–Trinajstić information content (AvgIpc) is 2.59. The summed E-state index contributed by atoms with van der Waals surface area (Å²) in [6.45, 7) is 4.24. The molecule has 1 aliphatic heterocycles. The molecule has 1 amide bonds. The lowest BCUT2D eigenvalue weighted by atomic mass is 9.92. The molecule has 1 fully saturated rings. The van der Waals surface area contributed by atoms with Crippen LogP contribution in [-0.4, -0.2) is 43.7 Å². The Morgan fingerprint density at radius 2 is 2.04 bits per heavy atom. The maximum atomic E-state index is 12.3. The summed E-state index contributed by atoms with van der Waals surface area (Å²) < 4.78 is 10.8. The molecule has 2 atom stereocenters. The highest BCUT2D eigenvalue weighted by atomic mass is 16.5. The molecule has 1 aliphatic rings. The molecule has 0 radical (unpaired) electrons. The van der Waals surface area contributed by atoms with Crippen LogP contribution in [0.25, 0.3) is 0 Å². The summed E-state index contributed by atoms with van der Waals surface area (Å²) in [6.07, 6.45) is 3.44. The lowest BCUT2D eigenvalue weighted by Gasteiger charge is -2.34. The summed E-state index contributed by atoms with van der Waals surface area (Å²) in [4.78, 5) is 14.2. The van der Waals surface area contributed by atoms with Crippen molar-refractivity contribution in [1.82, 2.24) is 4.90 Å². The van der Waals surface area contributed by atoms with Crippen molar-refractivity contribution in [1.29, 1.82) is 0 Å². The predicted octanol–water partition coefficient (Wildman–Crippen LogP) is 2.44. The standard InChI is InChI=1S/C18H28N2O3/c1-14(19)15-5-3-11-20(13-15)18(21)6-4-12-23-17-9-7-16(22-2)8-10-17/h7-10,14-15H,3-6,11-13,19H2,1-2H3. The second-order valence-electron chi connectivity index (χ2n) is 6.23. The van der Waals surface area contributed by atoms with Gasteiger partial charge in [-0.25, -0.2) is 0 Å². The number of benzene rings is 1. The summed E-state index contributed by atoms with van der Waals surface area (Å²) in [6, 6.07) is 7.63. The van der Waals surface area contributed by atoms with Crippen LogP contribution in [0, 0.1) is 5.92 Å². The van der Waals surface area contributed by atoms with E-state index in [2.05, 4.69) is 0 Å². The van der Waals surface area contributed by atoms with Gasteiger partial charge in [0, 0.05) is 25.6 Å². The molecule has 128 valence electrons. The first-order valence-electron chi connectivity index (χ1n) is 8.40. The minimum Gasteiger partial charge on any atom is -0.497 e. The first kappa shape index (κ1) is 17.6. The highest BCUT2D eigenvalue weighted by molar-refractivity contribution is 5.76. The molecule has 2 unspecified atom stereocenters. The Labute approximate surface area is 138 Å². The van der Waals surface area contributed by atoms with E-state index in [-0.39, 0.29) is 11.9 Å². The number of methoxy groups -OCH3 is 1. The van der Waals surface area contributed by atoms with Crippen LogP contribution < -0.4 is 15.2 Å². The van der Waals surface area contributed by atoms with Gasteiger partial charge in [0.05, 0.1) is 13.7 Å². The van der Waals surface area contributed by atoms with Crippen molar-refractivity contribution in [3.8, 4) is 11.5 Å². The fraction of sp³-hybridized carbons (Fsp3) is 0.611. The van der Waals surface area contributed by atoms with E-state index in [1.54, 1.807) is 7.11 Å². The Balaban J connectivity index is 1.68. The van der Waals surface area contributed by atoms with Crippen LogP contribution in [0.1, 0.15) is 32.6 Å². The number of hydrogen-bond donors (Lipinski definition) is 1. The number of nitrogens with zero attached hydrogens (tertiary/aromatic N) is 1. The molecule has 2 N–H and O–H groups in total. The van der Waals surface area contributed by atoms with E-state index in [1.165, 1.54) is 0 Å². The molecule has 23 heavy (non-hydrogen) atoms. The van der Waals surface area contributed by atoms with Crippen LogP contribution in [0.15, 0.2) is 24.3 Å². The second-order valence-corrected chi connectivity index (χ2v) is 6.23. The van der Waals surface area contributed by atoms with Crippen LogP contribution in [0.3, 0.4) is 0 Å². The Kier molecular flexibility index (Phi) is 6.71. The number of likely N-dealkylation sites (tertiary alicyclic amines) is 1. The van der Waals surface area contributed by atoms with Gasteiger partial charge in [0.15, 0.2) is 0 Å². The predicted molar refractivity (Wildman–Crippen MR) is 90.7 cm³/mol. The highest BCUT2D eigenvalue weighted by Crippen LogP contribution is 2.20. The molecule has 2 rings (SSSR count). The fourth-order valence-corrected chi connectivity index (χ4v) is 2.91. The lowest BCUT2D eigenvalue weighted by Crippen LogP contribution is -2.45. The van der Waals surface area contributed by atoms with Crippen LogP contribution in [0.5, 0.6) is 11.5 Å². The Bertz CT molecular complexity index is 488. The number of hydrogen-bond acceptors (Lipinski definition) is 4. The Morgan fingerprint density at radius 1 is 1.35 bits per heavy atom. The summed E-state index contributed by atoms with van der Waals surface area (Å²) in [7, 11) is 1.64. The maximum absolute atomic E-state index is 12.3. The van der Waals surface area contributed by atoms with E-state index in [4.69, 9.17) is 15.2 Å². The number of ether oxygens (including phenoxy) is 2. The van der Waals surface area contributed by atoms with Crippen molar-refractivity contribution in [3.05, 3.63) is 24.3 Å². The van der Waals surface area contributed by atoms with Gasteiger partial charge in [-0.05, 0) is 56.4 Å². The normalized spacial score (nSPS) is 19.3. The van der Waals surface area contributed by atoms with Gasteiger partial charge in [0.1, 0.15) is 11.5 Å². The fourth-order valence-electron chi connectivity index (χ4n) is 2.91. The van der Waals surface area contributed by atoms with Gasteiger partial charge in [-0.1, -0.05) is 0 Å². The Morgan fingerprint density at radius 3 is 2.70 bits per heavy atom. The number of rotatable bonds is 7. The molecule has 5 nitrogen and oxygen atoms in total. The largest absolute Gasteiger partial charge is 0.497 e. The lowest BCUT2D eigenvalue weighted by molar-refractivity contribution is -0.133. The maximum Gasteiger partial charge on any atom is 0.222 e. The van der Waals surface area contributed by atoms with Crippen molar-refractivity contribution >= 4 is 5.91 Å². The summed E-state index contributed by atoms with van der Waals surface area (Å²) in [5, 5.41) is 0. The smallest absolute Gasteiger partial charge is 0.222 e. The van der Waals surface area contributed by atoms with E-state index >= 15 is 0 Å². The number of carbonyl (C=O) groups excluding carboxylic acids is 1. The van der Waals surface area contributed by atoms with Crippen LogP contribution >= 0.6 is 0 Å². The third-order valence-corrected chi connectivity index (χ3v) is 4.42. The van der Waals surface area contributed by atoms with E-state index in [0.29, 0.717) is 18.9 Å². The quantitative estimate of drug-likeness (QED) is 0.784. The Hall–Kier alpha value is -1.75. The topological polar surface area (TPSA) is 64.8 Å². The van der Waals surface area contributed by atoms with Crippen molar-refractivity contribution in [2.75, 3.05) is 26.8 Å². The zero-order valence-electron chi connectivity index (χ0n) is 14.2. The molecule has 5 heteroatoms. The highest BCUT2D eigenvalue weighted by Gasteiger charge is 2.25. The SMILES string of the molecule is COc1ccc(OCCCC(=O)N2CCCC(C(C)N)C2)cc1. The van der Waals surface area contributed by atoms with Gasteiger partial charge in [-0.2, -0.15) is 0 Å². The summed E-state index contributed by atoms with van der Waals surface area (Å²) in [5.41, 5.74) is 5.97. The number of amides is 1. The van der Waals surface area contributed by atoms with Gasteiger partial charge < -0.3 is 20.1 Å². The number of nitrogens with two attached hydrogens (primary N) is 1. The zero-order valence-corrected chi connectivity index (χ0v) is 14.2. The van der Waals surface area contributed by atoms with Gasteiger partial charge in [-0.3, -0.25) is 4.79 Å². The van der Waals surface area contributed by atoms with Crippen molar-refractivity contribution in [2.24, 2.45) is 11.7 Å². The second kappa shape index (κ2) is 8.77. The summed E-state index contributed by atoms with van der Waals surface area (Å²) >= 11 is 0. The molecule has 1 heterocycles. The van der Waals surface area contributed by atoms with E-state index in [9.17, 15) is 4.79 Å². The molecular weight excluding hydrogens is 292 g/mol. The number of piperidine rings is 1. The van der Waals surface area contributed by atoms with Gasteiger partial charge in [0.25, 0.3) is 0 Å². The van der Waals surface area contributed by atoms with Crippen LogP contribution in [0.4, 0.5) is 0 Å². The first-order valence-corrected chi connectivity index (χ1v) is 8.40. The van der Waals surface area contributed by atoms with Crippen molar-refractivity contribution in [2.45, 2.75) is 38.6 Å². The zero-order chi connectivity index (χ0) is 16.7. The molecule has 0 bridgehead atoms. The minimum atomic E-state index is 0.156. The van der Waals surface area contributed by atoms with Gasteiger partial charge in [-0.15, -0.1) is 0 Å². The third-order valence-electron chi connectivity index (χ3n) is 4.42. The molecule has 1 aromatic rings. The summed E-state index contributed by atoms with van der Waals surface area (Å²) in [5.74, 6) is 2.26. The van der Waals surface area contributed by atoms with Gasteiger partial charge >= 0.3 is 0 Å². The monoisotopic (exact) mass is 320 g/mol. The molecule has 1 aromatic carbocycles.